The van der Waals surface area contributed by atoms with Crippen molar-refractivity contribution >= 4 is 11.4 Å². The van der Waals surface area contributed by atoms with Crippen molar-refractivity contribution in [2.75, 3.05) is 0 Å². The summed E-state index contributed by atoms with van der Waals surface area (Å²) in [4.78, 5) is 21.3. The van der Waals surface area contributed by atoms with E-state index in [4.69, 9.17) is 9.47 Å². The van der Waals surface area contributed by atoms with E-state index < -0.39 is 9.85 Å². The summed E-state index contributed by atoms with van der Waals surface area (Å²) in [6.45, 7) is 2.29. The van der Waals surface area contributed by atoms with Crippen LogP contribution >= 0.6 is 0 Å². The summed E-state index contributed by atoms with van der Waals surface area (Å²) in [6, 6.07) is 29.0. The van der Waals surface area contributed by atoms with E-state index in [1.165, 1.54) is 132 Å². The van der Waals surface area contributed by atoms with Crippen molar-refractivity contribution in [1.29, 1.82) is 0 Å². The first-order chi connectivity index (χ1) is 26.3. The Morgan fingerprint density at radius 2 is 0.852 bits per heavy atom. The van der Waals surface area contributed by atoms with E-state index in [0.29, 0.717) is 23.0 Å². The van der Waals surface area contributed by atoms with Crippen molar-refractivity contribution in [2.24, 2.45) is 17.8 Å². The van der Waals surface area contributed by atoms with Crippen LogP contribution in [0.3, 0.4) is 0 Å². The predicted molar refractivity (Wildman–Crippen MR) is 215 cm³/mol. The molecule has 8 nitrogen and oxygen atoms in total. The molecular weight excluding hydrogens is 677 g/mol. The maximum Gasteiger partial charge on any atom is 0.269 e. The fourth-order valence-corrected chi connectivity index (χ4v) is 8.92. The van der Waals surface area contributed by atoms with Crippen LogP contribution in [0.15, 0.2) is 97.1 Å². The molecule has 6 rings (SSSR count). The normalized spacial score (nSPS) is 18.5. The Labute approximate surface area is 320 Å². The fourth-order valence-electron chi connectivity index (χ4n) is 8.92. The minimum absolute atomic E-state index is 0.0330. The van der Waals surface area contributed by atoms with Gasteiger partial charge < -0.3 is 9.47 Å². The van der Waals surface area contributed by atoms with E-state index in [-0.39, 0.29) is 16.8 Å². The van der Waals surface area contributed by atoms with Crippen LogP contribution in [0.25, 0.3) is 0 Å². The van der Waals surface area contributed by atoms with Crippen LogP contribution in [0.5, 0.6) is 23.0 Å². The SMILES string of the molecule is CCCCCCCCC1CCC(CCC2CCC(c3ccc(Oc4ccc([N+](=O)[O-])cc4)cc3)(c3ccc(Oc4ccc([N+](=O)[O-])cc4)cc3)CC2)CC1. The van der Waals surface area contributed by atoms with Gasteiger partial charge in [0.25, 0.3) is 11.4 Å². The van der Waals surface area contributed by atoms with Crippen molar-refractivity contribution in [3.05, 3.63) is 128 Å². The minimum atomic E-state index is -0.413. The van der Waals surface area contributed by atoms with Crippen molar-refractivity contribution in [3.63, 3.8) is 0 Å². The number of nitrogens with zero attached hydrogens (tertiary/aromatic N) is 2. The smallest absolute Gasteiger partial charge is 0.269 e. The van der Waals surface area contributed by atoms with E-state index in [9.17, 15) is 20.2 Å². The summed E-state index contributed by atoms with van der Waals surface area (Å²) >= 11 is 0. The van der Waals surface area contributed by atoms with Gasteiger partial charge in [0.05, 0.1) is 9.85 Å². The molecule has 2 saturated carbocycles. The molecule has 0 aliphatic heterocycles. The first-order valence-corrected chi connectivity index (χ1v) is 20.4. The number of non-ortho nitro benzene ring substituents is 2. The van der Waals surface area contributed by atoms with Gasteiger partial charge in [0.1, 0.15) is 23.0 Å². The topological polar surface area (TPSA) is 105 Å². The molecule has 0 spiro atoms. The lowest BCUT2D eigenvalue weighted by Crippen LogP contribution is -2.33. The number of nitro benzene ring substituents is 2. The standard InChI is InChI=1S/C46H56N2O6/c1-2-3-4-5-6-7-8-35-9-11-36(12-10-35)13-14-37-31-33-46(34-32-37,38-15-23-42(24-16-38)53-44-27-19-40(20-28-44)47(49)50)39-17-25-43(26-18-39)54-45-29-21-41(22-30-45)48(51)52/h15-30,35-37H,2-14,31-34H2,1H3. The predicted octanol–water partition coefficient (Wildman–Crippen LogP) is 13.9. The number of rotatable bonds is 18. The zero-order valence-electron chi connectivity index (χ0n) is 31.8. The number of unbranched alkanes of at least 4 members (excludes halogenated alkanes) is 5. The molecule has 0 radical (unpaired) electrons. The van der Waals surface area contributed by atoms with Crippen LogP contribution in [0.2, 0.25) is 0 Å². The lowest BCUT2D eigenvalue weighted by molar-refractivity contribution is -0.385. The van der Waals surface area contributed by atoms with Crippen molar-refractivity contribution in [1.82, 2.24) is 0 Å². The van der Waals surface area contributed by atoms with Gasteiger partial charge in [-0.25, -0.2) is 0 Å². The Morgan fingerprint density at radius 1 is 0.500 bits per heavy atom. The highest BCUT2D eigenvalue weighted by atomic mass is 16.6. The summed E-state index contributed by atoms with van der Waals surface area (Å²) in [7, 11) is 0. The zero-order chi connectivity index (χ0) is 37.8. The van der Waals surface area contributed by atoms with E-state index in [0.717, 1.165) is 30.6 Å². The minimum Gasteiger partial charge on any atom is -0.457 e. The van der Waals surface area contributed by atoms with Gasteiger partial charge in [-0.3, -0.25) is 20.2 Å². The van der Waals surface area contributed by atoms with E-state index in [2.05, 4.69) is 31.2 Å². The van der Waals surface area contributed by atoms with Gasteiger partial charge >= 0.3 is 0 Å². The highest BCUT2D eigenvalue weighted by Crippen LogP contribution is 2.49. The van der Waals surface area contributed by atoms with Crippen LogP contribution < -0.4 is 9.47 Å². The van der Waals surface area contributed by atoms with Gasteiger partial charge in [-0.05, 0) is 103 Å². The molecule has 4 aromatic carbocycles. The van der Waals surface area contributed by atoms with Gasteiger partial charge in [-0.2, -0.15) is 0 Å². The molecular formula is C46H56N2O6. The third-order valence-corrected chi connectivity index (χ3v) is 12.3. The molecule has 0 aromatic heterocycles. The van der Waals surface area contributed by atoms with Crippen LogP contribution in [-0.2, 0) is 5.41 Å². The van der Waals surface area contributed by atoms with E-state index >= 15 is 0 Å². The quantitative estimate of drug-likeness (QED) is 0.0573. The van der Waals surface area contributed by atoms with Crippen LogP contribution in [0, 0.1) is 38.0 Å². The molecule has 0 atom stereocenters. The molecule has 0 N–H and O–H groups in total. The molecule has 2 aliphatic carbocycles. The number of benzene rings is 4. The lowest BCUT2D eigenvalue weighted by atomic mass is 9.62. The van der Waals surface area contributed by atoms with Gasteiger partial charge in [-0.15, -0.1) is 0 Å². The molecule has 2 aliphatic rings. The second-order valence-corrected chi connectivity index (χ2v) is 15.8. The lowest BCUT2D eigenvalue weighted by Gasteiger charge is -2.42. The van der Waals surface area contributed by atoms with E-state index in [1.807, 2.05) is 24.3 Å². The monoisotopic (exact) mass is 732 g/mol. The number of hydrogen-bond donors (Lipinski definition) is 0. The second-order valence-electron chi connectivity index (χ2n) is 15.8. The molecule has 0 amide bonds. The Balaban J connectivity index is 1.08. The zero-order valence-corrected chi connectivity index (χ0v) is 31.8. The summed E-state index contributed by atoms with van der Waals surface area (Å²) in [5.74, 6) is 5.07. The molecule has 8 heteroatoms. The highest BCUT2D eigenvalue weighted by Gasteiger charge is 2.38. The summed E-state index contributed by atoms with van der Waals surface area (Å²) < 4.78 is 12.1. The maximum absolute atomic E-state index is 11.1. The fraction of sp³-hybridized carbons (Fsp3) is 0.478. The molecule has 286 valence electrons. The Hall–Kier alpha value is -4.72. The molecule has 54 heavy (non-hydrogen) atoms. The van der Waals surface area contributed by atoms with Crippen LogP contribution in [0.1, 0.15) is 127 Å². The van der Waals surface area contributed by atoms with Crippen molar-refractivity contribution < 1.29 is 19.3 Å². The van der Waals surface area contributed by atoms with Gasteiger partial charge in [0, 0.05) is 29.7 Å². The first kappa shape index (κ1) is 39.0. The molecule has 0 bridgehead atoms. The van der Waals surface area contributed by atoms with Gasteiger partial charge in [-0.1, -0.05) is 115 Å². The van der Waals surface area contributed by atoms with E-state index in [1.54, 1.807) is 24.3 Å². The van der Waals surface area contributed by atoms with Crippen molar-refractivity contribution in [2.45, 2.75) is 121 Å². The molecule has 0 saturated heterocycles. The highest BCUT2D eigenvalue weighted by molar-refractivity contribution is 5.46. The summed E-state index contributed by atoms with van der Waals surface area (Å²) in [5.41, 5.74) is 2.42. The number of hydrogen-bond acceptors (Lipinski definition) is 6. The van der Waals surface area contributed by atoms with Gasteiger partial charge in [0.15, 0.2) is 0 Å². The largest absolute Gasteiger partial charge is 0.457 e. The maximum atomic E-state index is 11.1. The summed E-state index contributed by atoms with van der Waals surface area (Å²) in [5, 5.41) is 22.1. The molecule has 0 heterocycles. The Kier molecular flexibility index (Phi) is 13.7. The van der Waals surface area contributed by atoms with Crippen molar-refractivity contribution in [3.8, 4) is 23.0 Å². The molecule has 4 aromatic rings. The molecule has 2 fully saturated rings. The first-order valence-electron chi connectivity index (χ1n) is 20.4. The number of nitro groups is 2. The second kappa shape index (κ2) is 19.0. The number of ether oxygens (including phenoxy) is 2. The third-order valence-electron chi connectivity index (χ3n) is 12.3. The Morgan fingerprint density at radius 3 is 1.26 bits per heavy atom. The average molecular weight is 733 g/mol. The van der Waals surface area contributed by atoms with Crippen LogP contribution in [-0.4, -0.2) is 9.85 Å². The third kappa shape index (κ3) is 10.5. The van der Waals surface area contributed by atoms with Gasteiger partial charge in [0.2, 0.25) is 0 Å². The Bertz CT molecular complexity index is 1650. The summed E-state index contributed by atoms with van der Waals surface area (Å²) in [6.07, 6.45) is 22.7. The molecule has 0 unspecified atom stereocenters. The average Bonchev–Trinajstić information content (AvgIpc) is 3.20. The van der Waals surface area contributed by atoms with Crippen LogP contribution in [0.4, 0.5) is 11.4 Å².